The first kappa shape index (κ1) is 14.3. The Hall–Kier alpha value is -0.780. The van der Waals surface area contributed by atoms with Crippen molar-refractivity contribution in [2.75, 3.05) is 0 Å². The topological polar surface area (TPSA) is 0 Å². The van der Waals surface area contributed by atoms with Gasteiger partial charge in [0.15, 0.2) is 0 Å². The molecule has 0 bridgehead atoms. The van der Waals surface area contributed by atoms with Gasteiger partial charge in [-0.2, -0.15) is 0 Å². The molecule has 0 aliphatic heterocycles. The van der Waals surface area contributed by atoms with Gasteiger partial charge >= 0.3 is 0 Å². The Morgan fingerprint density at radius 3 is 1.94 bits per heavy atom. The number of aryl methyl sites for hydroxylation is 1. The highest BCUT2D eigenvalue weighted by molar-refractivity contribution is 5.26. The first-order chi connectivity index (χ1) is 8.04. The fraction of sp³-hybridized carbons (Fsp3) is 0.647. The monoisotopic (exact) mass is 232 g/mol. The summed E-state index contributed by atoms with van der Waals surface area (Å²) in [5, 5.41) is 0. The summed E-state index contributed by atoms with van der Waals surface area (Å²) in [6, 6.07) is 9.32. The Morgan fingerprint density at radius 1 is 0.941 bits per heavy atom. The Labute approximate surface area is 107 Å². The molecule has 96 valence electrons. The van der Waals surface area contributed by atoms with Crippen LogP contribution in [0.2, 0.25) is 0 Å². The fourth-order valence-electron chi connectivity index (χ4n) is 2.52. The molecule has 0 spiro atoms. The van der Waals surface area contributed by atoms with E-state index in [4.69, 9.17) is 0 Å². The van der Waals surface area contributed by atoms with Crippen LogP contribution in [0, 0.1) is 11.8 Å². The van der Waals surface area contributed by atoms with Crippen molar-refractivity contribution >= 4 is 0 Å². The largest absolute Gasteiger partial charge is 0.0651 e. The molecule has 0 N–H and O–H groups in total. The van der Waals surface area contributed by atoms with Crippen LogP contribution >= 0.6 is 0 Å². The molecule has 0 aliphatic rings. The summed E-state index contributed by atoms with van der Waals surface area (Å²) in [5.74, 6) is 2.22. The van der Waals surface area contributed by atoms with E-state index in [1.54, 1.807) is 0 Å². The lowest BCUT2D eigenvalue weighted by Gasteiger charge is -2.23. The molecule has 1 atom stereocenters. The second-order valence-corrected chi connectivity index (χ2v) is 5.97. The molecule has 0 nitrogen and oxygen atoms in total. The SMILES string of the molecule is CCCc1ccc(C(CC(C)C)C(C)C)cc1. The highest BCUT2D eigenvalue weighted by Gasteiger charge is 2.16. The van der Waals surface area contributed by atoms with Crippen LogP contribution in [0.25, 0.3) is 0 Å². The van der Waals surface area contributed by atoms with Gasteiger partial charge in [0.1, 0.15) is 0 Å². The van der Waals surface area contributed by atoms with Crippen LogP contribution in [0.4, 0.5) is 0 Å². The maximum atomic E-state index is 2.35. The first-order valence-corrected chi connectivity index (χ1v) is 7.13. The van der Waals surface area contributed by atoms with E-state index < -0.39 is 0 Å². The lowest BCUT2D eigenvalue weighted by molar-refractivity contribution is 0.408. The molecule has 1 aromatic carbocycles. The van der Waals surface area contributed by atoms with E-state index in [1.165, 1.54) is 30.4 Å². The van der Waals surface area contributed by atoms with Crippen molar-refractivity contribution in [2.45, 2.75) is 59.8 Å². The summed E-state index contributed by atoms with van der Waals surface area (Å²) in [4.78, 5) is 0. The maximum Gasteiger partial charge on any atom is -0.0136 e. The lowest BCUT2D eigenvalue weighted by Crippen LogP contribution is -2.09. The summed E-state index contributed by atoms with van der Waals surface area (Å²) >= 11 is 0. The quantitative estimate of drug-likeness (QED) is 0.614. The predicted molar refractivity (Wildman–Crippen MR) is 77.5 cm³/mol. The van der Waals surface area contributed by atoms with Crippen molar-refractivity contribution in [2.24, 2.45) is 11.8 Å². The molecule has 0 saturated carbocycles. The molecule has 0 saturated heterocycles. The second-order valence-electron chi connectivity index (χ2n) is 5.97. The third-order valence-electron chi connectivity index (χ3n) is 3.48. The minimum atomic E-state index is 0.714. The highest BCUT2D eigenvalue weighted by Crippen LogP contribution is 2.31. The van der Waals surface area contributed by atoms with Crippen molar-refractivity contribution < 1.29 is 0 Å². The van der Waals surface area contributed by atoms with Crippen molar-refractivity contribution in [1.82, 2.24) is 0 Å². The van der Waals surface area contributed by atoms with Gasteiger partial charge in [0.2, 0.25) is 0 Å². The average Bonchev–Trinajstić information content (AvgIpc) is 2.27. The zero-order valence-corrected chi connectivity index (χ0v) is 12.2. The normalized spacial score (nSPS) is 13.4. The predicted octanol–water partition coefficient (Wildman–Crippen LogP) is 5.42. The van der Waals surface area contributed by atoms with Crippen LogP contribution in [-0.4, -0.2) is 0 Å². The standard InChI is InChI=1S/C17H28/c1-6-7-15-8-10-16(11-9-15)17(14(4)5)12-13(2)3/h8-11,13-14,17H,6-7,12H2,1-5H3. The van der Waals surface area contributed by atoms with Gasteiger partial charge in [0, 0.05) is 0 Å². The molecular formula is C17H28. The minimum absolute atomic E-state index is 0.714. The summed E-state index contributed by atoms with van der Waals surface area (Å²) in [6.07, 6.45) is 3.74. The number of hydrogen-bond donors (Lipinski definition) is 0. The Bertz CT molecular complexity index is 305. The zero-order chi connectivity index (χ0) is 12.8. The van der Waals surface area contributed by atoms with Crippen molar-refractivity contribution in [3.63, 3.8) is 0 Å². The maximum absolute atomic E-state index is 2.35. The van der Waals surface area contributed by atoms with Crippen LogP contribution < -0.4 is 0 Å². The van der Waals surface area contributed by atoms with Crippen molar-refractivity contribution in [1.29, 1.82) is 0 Å². The van der Waals surface area contributed by atoms with Gasteiger partial charge in [-0.15, -0.1) is 0 Å². The van der Waals surface area contributed by atoms with Gasteiger partial charge in [0.05, 0.1) is 0 Å². The molecule has 0 radical (unpaired) electrons. The zero-order valence-electron chi connectivity index (χ0n) is 12.2. The molecule has 17 heavy (non-hydrogen) atoms. The van der Waals surface area contributed by atoms with Crippen molar-refractivity contribution in [3.05, 3.63) is 35.4 Å². The first-order valence-electron chi connectivity index (χ1n) is 7.13. The second kappa shape index (κ2) is 6.83. The minimum Gasteiger partial charge on any atom is -0.0651 e. The van der Waals surface area contributed by atoms with E-state index in [2.05, 4.69) is 58.9 Å². The Kier molecular flexibility index (Phi) is 5.74. The molecule has 0 heterocycles. The van der Waals surface area contributed by atoms with Gasteiger partial charge in [-0.1, -0.05) is 65.3 Å². The van der Waals surface area contributed by atoms with Crippen LogP contribution in [0.15, 0.2) is 24.3 Å². The van der Waals surface area contributed by atoms with Gasteiger partial charge in [-0.25, -0.2) is 0 Å². The van der Waals surface area contributed by atoms with E-state index in [1.807, 2.05) is 0 Å². The van der Waals surface area contributed by atoms with Gasteiger partial charge in [0.25, 0.3) is 0 Å². The summed E-state index contributed by atoms with van der Waals surface area (Å²) in [7, 11) is 0. The third-order valence-corrected chi connectivity index (χ3v) is 3.48. The summed E-state index contributed by atoms with van der Waals surface area (Å²) in [5.41, 5.74) is 3.00. The van der Waals surface area contributed by atoms with Crippen LogP contribution in [0.1, 0.15) is 64.5 Å². The molecule has 0 aromatic heterocycles. The number of rotatable bonds is 6. The average molecular weight is 232 g/mol. The summed E-state index contributed by atoms with van der Waals surface area (Å²) < 4.78 is 0. The molecule has 1 rings (SSSR count). The molecule has 0 fully saturated rings. The van der Waals surface area contributed by atoms with Gasteiger partial charge in [-0.3, -0.25) is 0 Å². The van der Waals surface area contributed by atoms with Crippen LogP contribution in [0.3, 0.4) is 0 Å². The van der Waals surface area contributed by atoms with Crippen LogP contribution in [0.5, 0.6) is 0 Å². The fourth-order valence-corrected chi connectivity index (χ4v) is 2.52. The van der Waals surface area contributed by atoms with E-state index in [0.717, 1.165) is 11.8 Å². The third kappa shape index (κ3) is 4.53. The van der Waals surface area contributed by atoms with Crippen LogP contribution in [-0.2, 0) is 6.42 Å². The highest BCUT2D eigenvalue weighted by atomic mass is 14.2. The number of benzene rings is 1. The lowest BCUT2D eigenvalue weighted by atomic mass is 9.82. The van der Waals surface area contributed by atoms with E-state index >= 15 is 0 Å². The number of hydrogen-bond acceptors (Lipinski definition) is 0. The smallest absolute Gasteiger partial charge is 0.0136 e. The van der Waals surface area contributed by atoms with E-state index in [-0.39, 0.29) is 0 Å². The molecule has 1 unspecified atom stereocenters. The summed E-state index contributed by atoms with van der Waals surface area (Å²) in [6.45, 7) is 11.6. The van der Waals surface area contributed by atoms with Gasteiger partial charge < -0.3 is 0 Å². The van der Waals surface area contributed by atoms with Crippen molar-refractivity contribution in [3.8, 4) is 0 Å². The molecule has 0 aliphatic carbocycles. The molecule has 0 amide bonds. The Balaban J connectivity index is 2.80. The Morgan fingerprint density at radius 2 is 1.53 bits per heavy atom. The van der Waals surface area contributed by atoms with Gasteiger partial charge in [-0.05, 0) is 41.7 Å². The molecule has 1 aromatic rings. The molecule has 0 heteroatoms. The van der Waals surface area contributed by atoms with E-state index in [0.29, 0.717) is 5.92 Å². The molecular weight excluding hydrogens is 204 g/mol. The van der Waals surface area contributed by atoms with E-state index in [9.17, 15) is 0 Å².